The topological polar surface area (TPSA) is 41.7 Å². The molecule has 3 rings (SSSR count). The fraction of sp³-hybridized carbons (Fsp3) is 0.565. The van der Waals surface area contributed by atoms with Crippen molar-refractivity contribution in [1.29, 1.82) is 0 Å². The van der Waals surface area contributed by atoms with Gasteiger partial charge in [-0.15, -0.1) is 0 Å². The second kappa shape index (κ2) is 10.1. The highest BCUT2D eigenvalue weighted by Gasteiger charge is 2.19. The highest BCUT2D eigenvalue weighted by Crippen LogP contribution is 2.30. The molecule has 0 radical (unpaired) electrons. The monoisotopic (exact) mass is 369 g/mol. The highest BCUT2D eigenvalue weighted by atomic mass is 16.5. The largest absolute Gasteiger partial charge is 0.493 e. The molecule has 0 amide bonds. The molecule has 4 nitrogen and oxygen atoms in total. The fourth-order valence-corrected chi connectivity index (χ4v) is 3.73. The van der Waals surface area contributed by atoms with E-state index in [1.807, 2.05) is 0 Å². The second-order valence-electron chi connectivity index (χ2n) is 8.05. The van der Waals surface area contributed by atoms with Crippen molar-refractivity contribution in [2.45, 2.75) is 33.2 Å². The van der Waals surface area contributed by atoms with E-state index >= 15 is 0 Å². The average molecular weight is 370 g/mol. The van der Waals surface area contributed by atoms with E-state index in [0.29, 0.717) is 5.92 Å². The van der Waals surface area contributed by atoms with Crippen molar-refractivity contribution in [2.24, 2.45) is 11.7 Å². The Morgan fingerprint density at radius 2 is 1.74 bits per heavy atom. The molecule has 1 aliphatic heterocycles. The molecular weight excluding hydrogens is 334 g/mol. The first-order valence-electron chi connectivity index (χ1n) is 10.5. The molecule has 27 heavy (non-hydrogen) atoms. The summed E-state index contributed by atoms with van der Waals surface area (Å²) in [5.74, 6) is 1.72. The van der Waals surface area contributed by atoms with Gasteiger partial charge in [0.1, 0.15) is 5.75 Å². The zero-order chi connectivity index (χ0) is 19.1. The molecule has 0 bridgehead atoms. The Labute approximate surface area is 164 Å². The molecule has 0 unspecified atom stereocenters. The van der Waals surface area contributed by atoms with Gasteiger partial charge in [0.15, 0.2) is 0 Å². The molecule has 0 saturated carbocycles. The number of hydrogen-bond acceptors (Lipinski definition) is 4. The third kappa shape index (κ3) is 5.68. The van der Waals surface area contributed by atoms with Crippen LogP contribution in [0.4, 0.5) is 0 Å². The van der Waals surface area contributed by atoms with Crippen molar-refractivity contribution in [3.05, 3.63) is 42.0 Å². The molecule has 2 aromatic carbocycles. The lowest BCUT2D eigenvalue weighted by atomic mass is 10.0. The van der Waals surface area contributed by atoms with Crippen molar-refractivity contribution in [1.82, 2.24) is 9.80 Å². The van der Waals surface area contributed by atoms with Crippen LogP contribution in [-0.4, -0.2) is 55.7 Å². The SMILES string of the molecule is CC(C)CCOc1ccc2ccccc2c1CN1CCN(CCCN)CC1. The van der Waals surface area contributed by atoms with Gasteiger partial charge in [0.2, 0.25) is 0 Å². The maximum absolute atomic E-state index is 6.22. The van der Waals surface area contributed by atoms with Gasteiger partial charge in [0.05, 0.1) is 6.61 Å². The van der Waals surface area contributed by atoms with E-state index in [1.165, 1.54) is 16.3 Å². The Balaban J connectivity index is 1.71. The van der Waals surface area contributed by atoms with Crippen LogP contribution >= 0.6 is 0 Å². The minimum atomic E-state index is 0.663. The third-order valence-corrected chi connectivity index (χ3v) is 5.48. The van der Waals surface area contributed by atoms with Gasteiger partial charge in [-0.1, -0.05) is 44.2 Å². The van der Waals surface area contributed by atoms with Gasteiger partial charge in [0.25, 0.3) is 0 Å². The minimum Gasteiger partial charge on any atom is -0.493 e. The number of fused-ring (bicyclic) bond motifs is 1. The molecule has 148 valence electrons. The summed E-state index contributed by atoms with van der Waals surface area (Å²) < 4.78 is 6.22. The zero-order valence-electron chi connectivity index (χ0n) is 17.0. The van der Waals surface area contributed by atoms with Gasteiger partial charge >= 0.3 is 0 Å². The van der Waals surface area contributed by atoms with Crippen LogP contribution < -0.4 is 10.5 Å². The Morgan fingerprint density at radius 1 is 1.00 bits per heavy atom. The van der Waals surface area contributed by atoms with E-state index in [9.17, 15) is 0 Å². The fourth-order valence-electron chi connectivity index (χ4n) is 3.73. The first kappa shape index (κ1) is 20.1. The lowest BCUT2D eigenvalue weighted by Gasteiger charge is -2.35. The van der Waals surface area contributed by atoms with Crippen LogP contribution in [0.1, 0.15) is 32.3 Å². The van der Waals surface area contributed by atoms with Gasteiger partial charge in [-0.3, -0.25) is 4.90 Å². The molecule has 1 heterocycles. The summed E-state index contributed by atoms with van der Waals surface area (Å²) in [6.07, 6.45) is 2.18. The Bertz CT molecular complexity index is 708. The highest BCUT2D eigenvalue weighted by molar-refractivity contribution is 5.87. The quantitative estimate of drug-likeness (QED) is 0.731. The van der Waals surface area contributed by atoms with Crippen molar-refractivity contribution in [2.75, 3.05) is 45.9 Å². The molecule has 2 N–H and O–H groups in total. The summed E-state index contributed by atoms with van der Waals surface area (Å²) in [7, 11) is 0. The normalized spacial score (nSPS) is 16.3. The Morgan fingerprint density at radius 3 is 2.48 bits per heavy atom. The Hall–Kier alpha value is -1.62. The van der Waals surface area contributed by atoms with E-state index in [1.54, 1.807) is 0 Å². The summed E-state index contributed by atoms with van der Waals surface area (Å²) >= 11 is 0. The molecule has 1 saturated heterocycles. The van der Waals surface area contributed by atoms with Crippen LogP contribution in [0.25, 0.3) is 10.8 Å². The molecule has 0 aliphatic carbocycles. The molecule has 2 aromatic rings. The Kier molecular flexibility index (Phi) is 7.50. The number of hydrogen-bond donors (Lipinski definition) is 1. The number of rotatable bonds is 9. The van der Waals surface area contributed by atoms with E-state index in [4.69, 9.17) is 10.5 Å². The van der Waals surface area contributed by atoms with Crippen LogP contribution in [0, 0.1) is 5.92 Å². The predicted molar refractivity (Wildman–Crippen MR) is 114 cm³/mol. The molecular formula is C23H35N3O. The van der Waals surface area contributed by atoms with Crippen molar-refractivity contribution < 1.29 is 4.74 Å². The van der Waals surface area contributed by atoms with Gasteiger partial charge in [-0.25, -0.2) is 0 Å². The molecule has 0 aromatic heterocycles. The number of nitrogens with zero attached hydrogens (tertiary/aromatic N) is 2. The molecule has 1 aliphatic rings. The lowest BCUT2D eigenvalue weighted by Crippen LogP contribution is -2.46. The van der Waals surface area contributed by atoms with E-state index in [0.717, 1.165) is 71.0 Å². The minimum absolute atomic E-state index is 0.663. The molecule has 1 fully saturated rings. The summed E-state index contributed by atoms with van der Waals surface area (Å²) in [6, 6.07) is 13.0. The van der Waals surface area contributed by atoms with E-state index in [2.05, 4.69) is 60.0 Å². The second-order valence-corrected chi connectivity index (χ2v) is 8.05. The summed E-state index contributed by atoms with van der Waals surface area (Å²) in [4.78, 5) is 5.10. The number of benzene rings is 2. The first-order valence-corrected chi connectivity index (χ1v) is 10.5. The first-order chi connectivity index (χ1) is 13.2. The van der Waals surface area contributed by atoms with Crippen LogP contribution in [0.15, 0.2) is 36.4 Å². The van der Waals surface area contributed by atoms with Crippen LogP contribution in [0.5, 0.6) is 5.75 Å². The number of piperazine rings is 1. The van der Waals surface area contributed by atoms with E-state index < -0.39 is 0 Å². The van der Waals surface area contributed by atoms with Crippen molar-refractivity contribution >= 4 is 10.8 Å². The van der Waals surface area contributed by atoms with Crippen molar-refractivity contribution in [3.8, 4) is 5.75 Å². The molecule has 0 spiro atoms. The van der Waals surface area contributed by atoms with Crippen molar-refractivity contribution in [3.63, 3.8) is 0 Å². The summed E-state index contributed by atoms with van der Waals surface area (Å²) in [5, 5.41) is 2.62. The maximum Gasteiger partial charge on any atom is 0.124 e. The van der Waals surface area contributed by atoms with Crippen LogP contribution in [-0.2, 0) is 6.54 Å². The summed E-state index contributed by atoms with van der Waals surface area (Å²) in [6.45, 7) is 12.6. The molecule has 4 heteroatoms. The van der Waals surface area contributed by atoms with Gasteiger partial charge in [-0.2, -0.15) is 0 Å². The molecule has 0 atom stereocenters. The van der Waals surface area contributed by atoms with Gasteiger partial charge < -0.3 is 15.4 Å². The number of nitrogens with two attached hydrogens (primary N) is 1. The van der Waals surface area contributed by atoms with Crippen LogP contribution in [0.3, 0.4) is 0 Å². The standard InChI is InChI=1S/C23H35N3O/c1-19(2)10-17-27-23-9-8-20-6-3-4-7-21(20)22(23)18-26-15-13-25(14-16-26)12-5-11-24/h3-4,6-9,19H,5,10-18,24H2,1-2H3. The van der Waals surface area contributed by atoms with Gasteiger partial charge in [-0.05, 0) is 48.7 Å². The third-order valence-electron chi connectivity index (χ3n) is 5.48. The number of ether oxygens (including phenoxy) is 1. The maximum atomic E-state index is 6.22. The smallest absolute Gasteiger partial charge is 0.124 e. The van der Waals surface area contributed by atoms with Crippen LogP contribution in [0.2, 0.25) is 0 Å². The predicted octanol–water partition coefficient (Wildman–Crippen LogP) is 3.73. The summed E-state index contributed by atoms with van der Waals surface area (Å²) in [5.41, 5.74) is 6.99. The lowest BCUT2D eigenvalue weighted by molar-refractivity contribution is 0.126. The van der Waals surface area contributed by atoms with E-state index in [-0.39, 0.29) is 0 Å². The average Bonchev–Trinajstić information content (AvgIpc) is 2.68. The zero-order valence-corrected chi connectivity index (χ0v) is 17.0. The van der Waals surface area contributed by atoms with Gasteiger partial charge in [0, 0.05) is 38.3 Å².